The van der Waals surface area contributed by atoms with E-state index in [-0.39, 0.29) is 23.0 Å². The molecule has 0 saturated heterocycles. The smallest absolute Gasteiger partial charge is 0.259 e. The number of halogens is 2. The fraction of sp³-hybridized carbons (Fsp3) is 0.100. The zero-order valence-corrected chi connectivity index (χ0v) is 16.6. The van der Waals surface area contributed by atoms with Gasteiger partial charge in [-0.1, -0.05) is 53.7 Å². The van der Waals surface area contributed by atoms with E-state index < -0.39 is 11.7 Å². The number of carbonyl (C=O) groups excluding carboxylic acids is 2. The first-order chi connectivity index (χ1) is 14.0. The Bertz CT molecular complexity index is 1020. The fourth-order valence-corrected chi connectivity index (χ4v) is 3.17. The van der Waals surface area contributed by atoms with Crippen molar-refractivity contribution in [2.45, 2.75) is 11.6 Å². The van der Waals surface area contributed by atoms with Gasteiger partial charge in [-0.25, -0.2) is 4.39 Å². The molecule has 2 aromatic carbocycles. The van der Waals surface area contributed by atoms with Gasteiger partial charge in [-0.15, -0.1) is 10.2 Å². The third-order valence-electron chi connectivity index (χ3n) is 3.79. The predicted molar refractivity (Wildman–Crippen MR) is 110 cm³/mol. The molecule has 0 saturated carbocycles. The summed E-state index contributed by atoms with van der Waals surface area (Å²) >= 11 is 7.26. The van der Waals surface area contributed by atoms with E-state index in [0.29, 0.717) is 16.6 Å². The Labute approximate surface area is 175 Å². The van der Waals surface area contributed by atoms with Crippen LogP contribution in [0.5, 0.6) is 0 Å². The van der Waals surface area contributed by atoms with E-state index in [1.54, 1.807) is 18.2 Å². The minimum Gasteiger partial charge on any atom is -0.351 e. The highest BCUT2D eigenvalue weighted by atomic mass is 35.5. The predicted octanol–water partition coefficient (Wildman–Crippen LogP) is 3.93. The van der Waals surface area contributed by atoms with Gasteiger partial charge >= 0.3 is 0 Å². The summed E-state index contributed by atoms with van der Waals surface area (Å²) in [4.78, 5) is 24.0. The van der Waals surface area contributed by atoms with Crippen LogP contribution in [0, 0.1) is 5.82 Å². The van der Waals surface area contributed by atoms with Crippen LogP contribution < -0.4 is 10.6 Å². The molecule has 0 spiro atoms. The average molecular weight is 431 g/mol. The maximum atomic E-state index is 13.6. The molecule has 0 radical (unpaired) electrons. The van der Waals surface area contributed by atoms with E-state index >= 15 is 0 Å². The number of hydrogen-bond acceptors (Lipinski definition) is 5. The van der Waals surface area contributed by atoms with Crippen LogP contribution in [0.2, 0.25) is 5.02 Å². The molecule has 3 aromatic rings. The summed E-state index contributed by atoms with van der Waals surface area (Å²) in [5, 5.41) is 14.2. The molecular formula is C20H16ClFN4O2S. The Morgan fingerprint density at radius 3 is 2.48 bits per heavy atom. The van der Waals surface area contributed by atoms with Crippen molar-refractivity contribution in [2.75, 3.05) is 11.1 Å². The van der Waals surface area contributed by atoms with Crippen LogP contribution >= 0.6 is 23.4 Å². The third kappa shape index (κ3) is 6.00. The molecule has 148 valence electrons. The van der Waals surface area contributed by atoms with Gasteiger partial charge in [0.15, 0.2) is 5.82 Å². The molecule has 9 heteroatoms. The van der Waals surface area contributed by atoms with Crippen molar-refractivity contribution in [1.82, 2.24) is 15.5 Å². The first-order valence-corrected chi connectivity index (χ1v) is 9.92. The van der Waals surface area contributed by atoms with Gasteiger partial charge in [0.1, 0.15) is 10.8 Å². The highest BCUT2D eigenvalue weighted by Crippen LogP contribution is 2.17. The number of nitrogens with one attached hydrogen (secondary N) is 2. The molecule has 29 heavy (non-hydrogen) atoms. The second-order valence-corrected chi connectivity index (χ2v) is 7.25. The van der Waals surface area contributed by atoms with E-state index in [1.807, 2.05) is 18.2 Å². The van der Waals surface area contributed by atoms with Crippen LogP contribution in [0.3, 0.4) is 0 Å². The Morgan fingerprint density at radius 1 is 1.00 bits per heavy atom. The topological polar surface area (TPSA) is 84.0 Å². The molecule has 0 bridgehead atoms. The van der Waals surface area contributed by atoms with Gasteiger partial charge in [-0.05, 0) is 35.9 Å². The molecule has 3 rings (SSSR count). The summed E-state index contributed by atoms with van der Waals surface area (Å²) < 4.78 is 13.6. The maximum absolute atomic E-state index is 13.6. The van der Waals surface area contributed by atoms with E-state index in [0.717, 1.165) is 5.56 Å². The highest BCUT2D eigenvalue weighted by Gasteiger charge is 2.12. The molecule has 2 amide bonds. The summed E-state index contributed by atoms with van der Waals surface area (Å²) in [5.41, 5.74) is 0.755. The number of carbonyl (C=O) groups is 2. The van der Waals surface area contributed by atoms with Gasteiger partial charge in [-0.2, -0.15) is 0 Å². The molecule has 1 heterocycles. The minimum absolute atomic E-state index is 0.0806. The number of rotatable bonds is 7. The molecular weight excluding hydrogens is 415 g/mol. The van der Waals surface area contributed by atoms with Gasteiger partial charge in [0.05, 0.1) is 11.3 Å². The molecule has 0 atom stereocenters. The van der Waals surface area contributed by atoms with Crippen molar-refractivity contribution in [1.29, 1.82) is 0 Å². The van der Waals surface area contributed by atoms with Gasteiger partial charge in [0.25, 0.3) is 5.91 Å². The zero-order valence-electron chi connectivity index (χ0n) is 15.1. The summed E-state index contributed by atoms with van der Waals surface area (Å²) in [6.45, 7) is 0.339. The van der Waals surface area contributed by atoms with Crippen LogP contribution in [0.4, 0.5) is 10.2 Å². The second-order valence-electron chi connectivity index (χ2n) is 5.85. The van der Waals surface area contributed by atoms with Gasteiger partial charge in [-0.3, -0.25) is 9.59 Å². The van der Waals surface area contributed by atoms with Crippen molar-refractivity contribution < 1.29 is 14.0 Å². The lowest BCUT2D eigenvalue weighted by molar-refractivity contribution is -0.118. The van der Waals surface area contributed by atoms with Gasteiger partial charge < -0.3 is 10.6 Å². The normalized spacial score (nSPS) is 10.4. The number of amides is 2. The van der Waals surface area contributed by atoms with Crippen LogP contribution in [-0.4, -0.2) is 27.8 Å². The number of nitrogens with zero attached hydrogens (tertiary/aromatic N) is 2. The molecule has 0 unspecified atom stereocenters. The molecule has 0 aliphatic heterocycles. The molecule has 1 aromatic heterocycles. The lowest BCUT2D eigenvalue weighted by atomic mass is 10.2. The lowest BCUT2D eigenvalue weighted by Crippen LogP contribution is -2.24. The molecule has 6 nitrogen and oxygen atoms in total. The van der Waals surface area contributed by atoms with Crippen LogP contribution in [0.25, 0.3) is 0 Å². The maximum Gasteiger partial charge on any atom is 0.259 e. The molecule has 0 aliphatic rings. The fourth-order valence-electron chi connectivity index (χ4n) is 2.32. The quantitative estimate of drug-likeness (QED) is 0.555. The first kappa shape index (κ1) is 20.8. The van der Waals surface area contributed by atoms with Crippen LogP contribution in [0.1, 0.15) is 15.9 Å². The largest absolute Gasteiger partial charge is 0.351 e. The number of benzene rings is 2. The van der Waals surface area contributed by atoms with E-state index in [2.05, 4.69) is 20.8 Å². The molecule has 2 N–H and O–H groups in total. The third-order valence-corrected chi connectivity index (χ3v) is 5.07. The van der Waals surface area contributed by atoms with Crippen LogP contribution in [0.15, 0.2) is 65.7 Å². The lowest BCUT2D eigenvalue weighted by Gasteiger charge is -2.07. The van der Waals surface area contributed by atoms with Crippen LogP contribution in [-0.2, 0) is 11.3 Å². The Hall–Kier alpha value is -2.97. The number of hydrogen-bond donors (Lipinski definition) is 2. The minimum atomic E-state index is -0.618. The number of thioether (sulfide) groups is 1. The first-order valence-electron chi connectivity index (χ1n) is 8.55. The van der Waals surface area contributed by atoms with Crippen molar-refractivity contribution in [3.05, 3.63) is 82.6 Å². The Morgan fingerprint density at radius 2 is 1.76 bits per heavy atom. The van der Waals surface area contributed by atoms with E-state index in [1.165, 1.54) is 36.0 Å². The van der Waals surface area contributed by atoms with Crippen molar-refractivity contribution in [2.24, 2.45) is 0 Å². The Kier molecular flexibility index (Phi) is 7.15. The highest BCUT2D eigenvalue weighted by molar-refractivity contribution is 7.99. The summed E-state index contributed by atoms with van der Waals surface area (Å²) in [7, 11) is 0. The summed E-state index contributed by atoms with van der Waals surface area (Å²) in [6.07, 6.45) is 0. The molecule has 0 aliphatic carbocycles. The standard InChI is InChI=1S/C20H16ClFN4O2S/c21-15-7-3-1-5-13(15)11-23-18(27)12-29-19-10-9-17(25-26-19)24-20(28)14-6-2-4-8-16(14)22/h1-10H,11-12H2,(H,23,27)(H,24,25,28). The summed E-state index contributed by atoms with van der Waals surface area (Å²) in [5.74, 6) is -1.07. The van der Waals surface area contributed by atoms with E-state index in [4.69, 9.17) is 11.6 Å². The van der Waals surface area contributed by atoms with Gasteiger partial charge in [0, 0.05) is 11.6 Å². The average Bonchev–Trinajstić information content (AvgIpc) is 2.73. The number of aromatic nitrogens is 2. The van der Waals surface area contributed by atoms with E-state index in [9.17, 15) is 14.0 Å². The number of anilines is 1. The SMILES string of the molecule is O=C(CSc1ccc(NC(=O)c2ccccc2F)nn1)NCc1ccccc1Cl. The Balaban J connectivity index is 1.48. The van der Waals surface area contributed by atoms with Crippen molar-refractivity contribution in [3.63, 3.8) is 0 Å². The summed E-state index contributed by atoms with van der Waals surface area (Å²) in [6, 6.07) is 16.1. The van der Waals surface area contributed by atoms with Crippen molar-refractivity contribution in [3.8, 4) is 0 Å². The van der Waals surface area contributed by atoms with Crippen molar-refractivity contribution >= 4 is 41.0 Å². The monoisotopic (exact) mass is 430 g/mol. The second kappa shape index (κ2) is 9.99. The zero-order chi connectivity index (χ0) is 20.6. The van der Waals surface area contributed by atoms with Gasteiger partial charge in [0.2, 0.25) is 5.91 Å². The molecule has 0 fully saturated rings.